The molecule has 0 fully saturated rings. The minimum atomic E-state index is -0.681. The quantitative estimate of drug-likeness (QED) is 0.122. The first-order valence-corrected chi connectivity index (χ1v) is 13.7. The zero-order valence-electron chi connectivity index (χ0n) is 21.2. The average Bonchev–Trinajstić information content (AvgIpc) is 3.26. The van der Waals surface area contributed by atoms with Crippen molar-refractivity contribution in [3.05, 3.63) is 114 Å². The molecular formula is C31H30N4O2S. The molecule has 7 heteroatoms. The van der Waals surface area contributed by atoms with E-state index >= 15 is 0 Å². The van der Waals surface area contributed by atoms with E-state index in [0.717, 1.165) is 51.1 Å². The Morgan fingerprint density at radius 2 is 1.76 bits per heavy atom. The number of amides is 1. The van der Waals surface area contributed by atoms with Crippen molar-refractivity contribution in [1.82, 2.24) is 15.6 Å². The van der Waals surface area contributed by atoms with Crippen LogP contribution in [0.1, 0.15) is 34.5 Å². The summed E-state index contributed by atoms with van der Waals surface area (Å²) in [6.07, 6.45) is 1.61. The molecule has 1 aromatic heterocycles. The van der Waals surface area contributed by atoms with E-state index in [9.17, 15) is 9.90 Å². The molecule has 0 saturated carbocycles. The van der Waals surface area contributed by atoms with E-state index in [1.165, 1.54) is 0 Å². The second-order valence-corrected chi connectivity index (χ2v) is 10.3. The number of hydrogen-bond acceptors (Lipinski definition) is 5. The van der Waals surface area contributed by atoms with Crippen molar-refractivity contribution >= 4 is 29.2 Å². The lowest BCUT2D eigenvalue weighted by Gasteiger charge is -2.18. The van der Waals surface area contributed by atoms with Gasteiger partial charge in [0, 0.05) is 30.5 Å². The minimum absolute atomic E-state index is 0.210. The molecule has 1 heterocycles. The normalized spacial score (nSPS) is 16.6. The number of aliphatic hydroxyl groups excluding tert-OH is 1. The van der Waals surface area contributed by atoms with Gasteiger partial charge in [-0.1, -0.05) is 54.6 Å². The van der Waals surface area contributed by atoms with E-state index in [1.54, 1.807) is 18.0 Å². The maximum atomic E-state index is 13.0. The van der Waals surface area contributed by atoms with Crippen LogP contribution in [0.5, 0.6) is 0 Å². The number of carbonyl (C=O) groups excluding carboxylic acids is 1. The van der Waals surface area contributed by atoms with E-state index in [0.29, 0.717) is 12.0 Å². The van der Waals surface area contributed by atoms with Crippen LogP contribution >= 0.6 is 11.8 Å². The number of hydrogen-bond donors (Lipinski definition) is 3. The Morgan fingerprint density at radius 3 is 2.53 bits per heavy atom. The van der Waals surface area contributed by atoms with Crippen molar-refractivity contribution in [1.29, 1.82) is 0 Å². The van der Waals surface area contributed by atoms with Gasteiger partial charge in [0.2, 0.25) is 0 Å². The number of thioether (sulfide) groups is 1. The summed E-state index contributed by atoms with van der Waals surface area (Å²) in [5, 5.41) is 18.1. The SMILES string of the molecule is C/C(=N\c1ccc2c(c1)[C@@H](NC(=O)c1ccc(-c3ccccc3)cc1)[C@H](O)C2)NCCSc1ccccn1. The van der Waals surface area contributed by atoms with Gasteiger partial charge in [0.25, 0.3) is 5.91 Å². The molecule has 1 amide bonds. The Bertz CT molecular complexity index is 1410. The van der Waals surface area contributed by atoms with Gasteiger partial charge in [-0.2, -0.15) is 0 Å². The lowest BCUT2D eigenvalue weighted by atomic mass is 10.0. The number of carbonyl (C=O) groups is 1. The number of aliphatic imine (C=N–C) groups is 1. The lowest BCUT2D eigenvalue weighted by molar-refractivity contribution is 0.0858. The van der Waals surface area contributed by atoms with Crippen molar-refractivity contribution in [2.45, 2.75) is 30.5 Å². The third-order valence-electron chi connectivity index (χ3n) is 6.49. The highest BCUT2D eigenvalue weighted by Gasteiger charge is 2.32. The number of nitrogens with one attached hydrogen (secondary N) is 2. The Morgan fingerprint density at radius 1 is 1.00 bits per heavy atom. The van der Waals surface area contributed by atoms with E-state index < -0.39 is 12.1 Å². The number of nitrogens with zero attached hydrogens (tertiary/aromatic N) is 2. The fourth-order valence-electron chi connectivity index (χ4n) is 4.57. The topological polar surface area (TPSA) is 86.6 Å². The molecule has 3 N–H and O–H groups in total. The van der Waals surface area contributed by atoms with Gasteiger partial charge in [-0.25, -0.2) is 9.98 Å². The van der Waals surface area contributed by atoms with Crippen LogP contribution in [0, 0.1) is 0 Å². The summed E-state index contributed by atoms with van der Waals surface area (Å²) in [6.45, 7) is 2.70. The molecule has 1 aliphatic carbocycles. The molecule has 38 heavy (non-hydrogen) atoms. The lowest BCUT2D eigenvalue weighted by Crippen LogP contribution is -2.33. The molecule has 192 valence electrons. The molecule has 3 aromatic carbocycles. The highest BCUT2D eigenvalue weighted by molar-refractivity contribution is 7.99. The number of fused-ring (bicyclic) bond motifs is 1. The van der Waals surface area contributed by atoms with Gasteiger partial charge < -0.3 is 15.7 Å². The van der Waals surface area contributed by atoms with Gasteiger partial charge in [-0.15, -0.1) is 11.8 Å². The van der Waals surface area contributed by atoms with E-state index in [4.69, 9.17) is 4.99 Å². The van der Waals surface area contributed by atoms with Crippen molar-refractivity contribution in [3.63, 3.8) is 0 Å². The Balaban J connectivity index is 1.21. The van der Waals surface area contributed by atoms with E-state index in [2.05, 4.69) is 15.6 Å². The summed E-state index contributed by atoms with van der Waals surface area (Å²) in [4.78, 5) is 22.1. The molecule has 0 saturated heterocycles. The van der Waals surface area contributed by atoms with Crippen LogP contribution in [0.2, 0.25) is 0 Å². The number of aromatic nitrogens is 1. The first kappa shape index (κ1) is 25.7. The number of benzene rings is 3. The first-order valence-electron chi connectivity index (χ1n) is 12.7. The molecule has 0 spiro atoms. The third-order valence-corrected chi connectivity index (χ3v) is 7.43. The van der Waals surface area contributed by atoms with Crippen LogP contribution in [0.25, 0.3) is 11.1 Å². The summed E-state index contributed by atoms with van der Waals surface area (Å²) in [5.41, 5.74) is 5.43. The maximum Gasteiger partial charge on any atom is 0.251 e. The Kier molecular flexibility index (Phi) is 8.16. The van der Waals surface area contributed by atoms with Crippen LogP contribution in [0.3, 0.4) is 0 Å². The summed E-state index contributed by atoms with van der Waals surface area (Å²) in [6, 6.07) is 28.9. The summed E-state index contributed by atoms with van der Waals surface area (Å²) in [5.74, 6) is 1.48. The van der Waals surface area contributed by atoms with Gasteiger partial charge in [0.05, 0.1) is 28.7 Å². The second kappa shape index (κ2) is 12.1. The molecule has 0 unspecified atom stereocenters. The maximum absolute atomic E-state index is 13.0. The fourth-order valence-corrected chi connectivity index (χ4v) is 5.30. The molecule has 0 bridgehead atoms. The molecule has 0 aliphatic heterocycles. The van der Waals surface area contributed by atoms with Gasteiger partial charge in [-0.3, -0.25) is 4.79 Å². The number of rotatable bonds is 8. The summed E-state index contributed by atoms with van der Waals surface area (Å²) in [7, 11) is 0. The predicted molar refractivity (Wildman–Crippen MR) is 154 cm³/mol. The van der Waals surface area contributed by atoms with Crippen molar-refractivity contribution < 1.29 is 9.90 Å². The van der Waals surface area contributed by atoms with Crippen LogP contribution < -0.4 is 10.6 Å². The zero-order valence-corrected chi connectivity index (χ0v) is 22.0. The predicted octanol–water partition coefficient (Wildman–Crippen LogP) is 5.57. The minimum Gasteiger partial charge on any atom is -0.390 e. The van der Waals surface area contributed by atoms with Crippen molar-refractivity contribution in [2.75, 3.05) is 12.3 Å². The van der Waals surface area contributed by atoms with Gasteiger partial charge in [0.15, 0.2) is 0 Å². The highest BCUT2D eigenvalue weighted by Crippen LogP contribution is 2.34. The Hall–Kier alpha value is -3.94. The summed E-state index contributed by atoms with van der Waals surface area (Å²) < 4.78 is 0. The largest absolute Gasteiger partial charge is 0.390 e. The highest BCUT2D eigenvalue weighted by atomic mass is 32.2. The fraction of sp³-hybridized carbons (Fsp3) is 0.194. The van der Waals surface area contributed by atoms with Crippen LogP contribution in [-0.4, -0.2) is 40.2 Å². The second-order valence-electron chi connectivity index (χ2n) is 9.19. The van der Waals surface area contributed by atoms with Crippen molar-refractivity contribution in [2.24, 2.45) is 4.99 Å². The standard InChI is InChI=1S/C31H30N4O2S/c1-21(32-17-18-38-29-9-5-6-16-33-29)34-26-15-14-25-19-28(36)30(27(25)20-26)35-31(37)24-12-10-23(11-13-24)22-7-3-2-4-8-22/h2-16,20,28,30,36H,17-19H2,1H3,(H,32,34)(H,35,37)/t28-,30-/m1/s1. The first-order chi connectivity index (χ1) is 18.6. The van der Waals surface area contributed by atoms with Crippen LogP contribution in [-0.2, 0) is 6.42 Å². The number of aliphatic hydroxyl groups is 1. The van der Waals surface area contributed by atoms with E-state index in [-0.39, 0.29) is 5.91 Å². The smallest absolute Gasteiger partial charge is 0.251 e. The Labute approximate surface area is 227 Å². The molecule has 0 radical (unpaired) electrons. The zero-order chi connectivity index (χ0) is 26.3. The molecule has 6 nitrogen and oxygen atoms in total. The van der Waals surface area contributed by atoms with E-state index in [1.807, 2.05) is 97.9 Å². The monoisotopic (exact) mass is 522 g/mol. The molecular weight excluding hydrogens is 492 g/mol. The van der Waals surface area contributed by atoms with Gasteiger partial charge in [-0.05, 0) is 65.6 Å². The van der Waals surface area contributed by atoms with Gasteiger partial charge >= 0.3 is 0 Å². The summed E-state index contributed by atoms with van der Waals surface area (Å²) >= 11 is 1.69. The van der Waals surface area contributed by atoms with Crippen LogP contribution in [0.15, 0.2) is 107 Å². The van der Waals surface area contributed by atoms with Gasteiger partial charge in [0.1, 0.15) is 0 Å². The van der Waals surface area contributed by atoms with Crippen LogP contribution in [0.4, 0.5) is 5.69 Å². The molecule has 5 rings (SSSR count). The third kappa shape index (κ3) is 6.30. The number of pyridine rings is 1. The molecule has 1 aliphatic rings. The number of amidine groups is 1. The molecule has 2 atom stereocenters. The van der Waals surface area contributed by atoms with Crippen molar-refractivity contribution in [3.8, 4) is 11.1 Å². The average molecular weight is 523 g/mol. The molecule has 4 aromatic rings.